The van der Waals surface area contributed by atoms with Crippen molar-refractivity contribution in [2.24, 2.45) is 0 Å². The maximum absolute atomic E-state index is 11.2. The molecule has 0 fully saturated rings. The van der Waals surface area contributed by atoms with Gasteiger partial charge in [-0.25, -0.2) is 0 Å². The standard InChI is InChI=1S/C9H12N2O3/c1-3-7(12)5-8(13)10-9-4-6(2)11-14-9/h4H,3,5H2,1-2H3,(H,10,13). The van der Waals surface area contributed by atoms with Crippen molar-refractivity contribution in [2.45, 2.75) is 26.7 Å². The van der Waals surface area contributed by atoms with E-state index in [0.29, 0.717) is 12.1 Å². The SMILES string of the molecule is CCC(=O)CC(=O)Nc1cc(C)no1. The van der Waals surface area contributed by atoms with Gasteiger partial charge >= 0.3 is 0 Å². The molecule has 0 aliphatic heterocycles. The minimum atomic E-state index is -0.368. The average molecular weight is 196 g/mol. The lowest BCUT2D eigenvalue weighted by Crippen LogP contribution is -2.15. The van der Waals surface area contributed by atoms with Crippen LogP contribution in [0.3, 0.4) is 0 Å². The van der Waals surface area contributed by atoms with Crippen LogP contribution in [0.4, 0.5) is 5.88 Å². The van der Waals surface area contributed by atoms with Crippen molar-refractivity contribution in [3.8, 4) is 0 Å². The summed E-state index contributed by atoms with van der Waals surface area (Å²) in [4.78, 5) is 22.1. The van der Waals surface area contributed by atoms with E-state index in [1.807, 2.05) is 0 Å². The van der Waals surface area contributed by atoms with Crippen LogP contribution in [0.5, 0.6) is 0 Å². The molecule has 1 aromatic rings. The fourth-order valence-electron chi connectivity index (χ4n) is 0.908. The van der Waals surface area contributed by atoms with Gasteiger partial charge in [-0.3, -0.25) is 14.9 Å². The Morgan fingerprint density at radius 2 is 2.29 bits per heavy atom. The molecule has 0 saturated heterocycles. The summed E-state index contributed by atoms with van der Waals surface area (Å²) in [6.45, 7) is 3.46. The number of aryl methyl sites for hydroxylation is 1. The quantitative estimate of drug-likeness (QED) is 0.736. The Kier molecular flexibility index (Phi) is 3.39. The molecule has 0 aromatic carbocycles. The molecule has 0 radical (unpaired) electrons. The lowest BCUT2D eigenvalue weighted by Gasteiger charge is -1.97. The van der Waals surface area contributed by atoms with E-state index in [-0.39, 0.29) is 24.0 Å². The van der Waals surface area contributed by atoms with Crippen molar-refractivity contribution in [3.05, 3.63) is 11.8 Å². The van der Waals surface area contributed by atoms with Crippen molar-refractivity contribution in [1.29, 1.82) is 0 Å². The van der Waals surface area contributed by atoms with E-state index in [2.05, 4.69) is 10.5 Å². The van der Waals surface area contributed by atoms with Gasteiger partial charge in [0.05, 0.1) is 12.1 Å². The molecule has 5 nitrogen and oxygen atoms in total. The molecule has 0 unspecified atom stereocenters. The number of nitrogens with one attached hydrogen (secondary N) is 1. The first kappa shape index (κ1) is 10.4. The number of Topliss-reactive ketones (excluding diaryl/α,β-unsaturated/α-hetero) is 1. The van der Waals surface area contributed by atoms with E-state index in [4.69, 9.17) is 4.52 Å². The summed E-state index contributed by atoms with van der Waals surface area (Å²) in [6, 6.07) is 1.59. The number of rotatable bonds is 4. The van der Waals surface area contributed by atoms with Crippen LogP contribution >= 0.6 is 0 Å². The van der Waals surface area contributed by atoms with Gasteiger partial charge in [0.15, 0.2) is 0 Å². The minimum absolute atomic E-state index is 0.0984. The van der Waals surface area contributed by atoms with E-state index >= 15 is 0 Å². The molecule has 0 spiro atoms. The summed E-state index contributed by atoms with van der Waals surface area (Å²) in [6.07, 6.45) is 0.249. The third kappa shape index (κ3) is 3.01. The van der Waals surface area contributed by atoms with Crippen LogP contribution < -0.4 is 5.32 Å². The fourth-order valence-corrected chi connectivity index (χ4v) is 0.908. The number of carbonyl (C=O) groups is 2. The highest BCUT2D eigenvalue weighted by Gasteiger charge is 2.09. The maximum Gasteiger partial charge on any atom is 0.234 e. The Morgan fingerprint density at radius 3 is 2.79 bits per heavy atom. The topological polar surface area (TPSA) is 72.2 Å². The monoisotopic (exact) mass is 196 g/mol. The highest BCUT2D eigenvalue weighted by Crippen LogP contribution is 2.08. The molecule has 0 bridgehead atoms. The fraction of sp³-hybridized carbons (Fsp3) is 0.444. The zero-order chi connectivity index (χ0) is 10.6. The summed E-state index contributed by atoms with van der Waals surface area (Å²) in [5.74, 6) is -0.192. The summed E-state index contributed by atoms with van der Waals surface area (Å²) in [5.41, 5.74) is 0.683. The van der Waals surface area contributed by atoms with Gasteiger partial charge < -0.3 is 4.52 Å². The van der Waals surface area contributed by atoms with Crippen molar-refractivity contribution in [2.75, 3.05) is 5.32 Å². The van der Waals surface area contributed by atoms with Gasteiger partial charge in [0, 0.05) is 12.5 Å². The summed E-state index contributed by atoms with van der Waals surface area (Å²) < 4.78 is 4.76. The number of amides is 1. The molecule has 1 N–H and O–H groups in total. The first-order valence-corrected chi connectivity index (χ1v) is 4.36. The van der Waals surface area contributed by atoms with Crippen LogP contribution in [-0.4, -0.2) is 16.8 Å². The lowest BCUT2D eigenvalue weighted by molar-refractivity contribution is -0.125. The highest BCUT2D eigenvalue weighted by molar-refractivity contribution is 6.03. The molecule has 1 aromatic heterocycles. The molecule has 1 rings (SSSR count). The zero-order valence-electron chi connectivity index (χ0n) is 8.16. The molecule has 0 atom stereocenters. The first-order chi connectivity index (χ1) is 6.61. The van der Waals surface area contributed by atoms with Crippen LogP contribution in [0.25, 0.3) is 0 Å². The molecule has 0 aliphatic carbocycles. The van der Waals surface area contributed by atoms with Crippen LogP contribution in [0.2, 0.25) is 0 Å². The number of nitrogens with zero attached hydrogens (tertiary/aromatic N) is 1. The second-order valence-electron chi connectivity index (χ2n) is 2.95. The van der Waals surface area contributed by atoms with Crippen molar-refractivity contribution in [1.82, 2.24) is 5.16 Å². The molecule has 0 saturated carbocycles. The molecule has 14 heavy (non-hydrogen) atoms. The van der Waals surface area contributed by atoms with Crippen LogP contribution in [0.1, 0.15) is 25.5 Å². The normalized spacial score (nSPS) is 9.86. The van der Waals surface area contributed by atoms with Crippen LogP contribution in [0.15, 0.2) is 10.6 Å². The minimum Gasteiger partial charge on any atom is -0.338 e. The molecule has 1 amide bonds. The summed E-state index contributed by atoms with van der Waals surface area (Å²) in [7, 11) is 0. The Labute approximate surface area is 81.5 Å². The van der Waals surface area contributed by atoms with E-state index in [1.165, 1.54) is 0 Å². The molecular weight excluding hydrogens is 184 g/mol. The number of hydrogen-bond donors (Lipinski definition) is 1. The van der Waals surface area contributed by atoms with E-state index in [9.17, 15) is 9.59 Å². The Hall–Kier alpha value is -1.65. The molecule has 5 heteroatoms. The van der Waals surface area contributed by atoms with E-state index in [0.717, 1.165) is 0 Å². The van der Waals surface area contributed by atoms with E-state index in [1.54, 1.807) is 19.9 Å². The lowest BCUT2D eigenvalue weighted by atomic mass is 10.2. The number of ketones is 1. The number of aromatic nitrogens is 1. The van der Waals surface area contributed by atoms with Crippen LogP contribution in [-0.2, 0) is 9.59 Å². The first-order valence-electron chi connectivity index (χ1n) is 4.36. The third-order valence-corrected chi connectivity index (χ3v) is 1.64. The van der Waals surface area contributed by atoms with Crippen LogP contribution in [0, 0.1) is 6.92 Å². The molecular formula is C9H12N2O3. The number of anilines is 1. The number of carbonyl (C=O) groups excluding carboxylic acids is 2. The molecule has 1 heterocycles. The average Bonchev–Trinajstić information content (AvgIpc) is 2.50. The predicted octanol–water partition coefficient (Wildman–Crippen LogP) is 1.29. The zero-order valence-corrected chi connectivity index (χ0v) is 8.16. The van der Waals surface area contributed by atoms with Crippen molar-refractivity contribution in [3.63, 3.8) is 0 Å². The summed E-state index contributed by atoms with van der Waals surface area (Å²) >= 11 is 0. The smallest absolute Gasteiger partial charge is 0.234 e. The number of hydrogen-bond acceptors (Lipinski definition) is 4. The predicted molar refractivity (Wildman–Crippen MR) is 49.8 cm³/mol. The summed E-state index contributed by atoms with van der Waals surface area (Å²) in [5, 5.41) is 6.03. The molecule has 0 aliphatic rings. The van der Waals surface area contributed by atoms with Gasteiger partial charge in [-0.1, -0.05) is 12.1 Å². The largest absolute Gasteiger partial charge is 0.338 e. The van der Waals surface area contributed by atoms with Gasteiger partial charge in [-0.2, -0.15) is 0 Å². The third-order valence-electron chi connectivity index (χ3n) is 1.64. The van der Waals surface area contributed by atoms with Gasteiger partial charge in [-0.15, -0.1) is 0 Å². The van der Waals surface area contributed by atoms with Gasteiger partial charge in [0.1, 0.15) is 5.78 Å². The highest BCUT2D eigenvalue weighted by atomic mass is 16.5. The maximum atomic E-state index is 11.2. The van der Waals surface area contributed by atoms with E-state index < -0.39 is 0 Å². The van der Waals surface area contributed by atoms with Gasteiger partial charge in [-0.05, 0) is 6.92 Å². The Morgan fingerprint density at radius 1 is 1.57 bits per heavy atom. The Balaban J connectivity index is 2.45. The second-order valence-corrected chi connectivity index (χ2v) is 2.95. The second kappa shape index (κ2) is 4.55. The van der Waals surface area contributed by atoms with Gasteiger partial charge in [0.25, 0.3) is 0 Å². The molecule has 76 valence electrons. The Bertz CT molecular complexity index is 344. The van der Waals surface area contributed by atoms with Gasteiger partial charge in [0.2, 0.25) is 11.8 Å². The van der Waals surface area contributed by atoms with Crippen molar-refractivity contribution < 1.29 is 14.1 Å². The van der Waals surface area contributed by atoms with Crippen molar-refractivity contribution >= 4 is 17.6 Å².